The van der Waals surface area contributed by atoms with Gasteiger partial charge in [0.05, 0.1) is 6.54 Å². The largest absolute Gasteiger partial charge is 0.304 e. The lowest BCUT2D eigenvalue weighted by atomic mass is 10.2. The number of fused-ring (bicyclic) bond motifs is 1. The second kappa shape index (κ2) is 5.61. The molecule has 2 N–H and O–H groups in total. The van der Waals surface area contributed by atoms with Crippen LogP contribution in [0.5, 0.6) is 0 Å². The van der Waals surface area contributed by atoms with Crippen LogP contribution in [0.1, 0.15) is 12.5 Å². The molecule has 1 amide bonds. The molecule has 0 aliphatic carbocycles. The van der Waals surface area contributed by atoms with E-state index < -0.39 is 5.56 Å². The lowest BCUT2D eigenvalue weighted by molar-refractivity contribution is -0.114. The lowest BCUT2D eigenvalue weighted by Gasteiger charge is -2.05. The lowest BCUT2D eigenvalue weighted by Crippen LogP contribution is -2.18. The first-order chi connectivity index (χ1) is 10.5. The fraction of sp³-hybridized carbons (Fsp3) is 0.143. The number of H-pyrrole nitrogens is 1. The van der Waals surface area contributed by atoms with Gasteiger partial charge in [-0.3, -0.25) is 19.9 Å². The summed E-state index contributed by atoms with van der Waals surface area (Å²) in [4.78, 5) is 34.0. The molecule has 0 unspecified atom stereocenters. The number of anilines is 1. The third-order valence-electron chi connectivity index (χ3n) is 3.05. The molecule has 0 atom stereocenters. The van der Waals surface area contributed by atoms with Gasteiger partial charge in [0.1, 0.15) is 0 Å². The van der Waals surface area contributed by atoms with E-state index in [0.717, 1.165) is 5.56 Å². The van der Waals surface area contributed by atoms with E-state index in [9.17, 15) is 9.59 Å². The second-order valence-corrected chi connectivity index (χ2v) is 5.06. The van der Waals surface area contributed by atoms with Gasteiger partial charge >= 0.3 is 0 Å². The number of nitrogens with one attached hydrogen (secondary N) is 2. The van der Waals surface area contributed by atoms with Crippen molar-refractivity contribution < 1.29 is 4.79 Å². The maximum Gasteiger partial charge on any atom is 0.278 e. The Morgan fingerprint density at radius 3 is 2.73 bits per heavy atom. The van der Waals surface area contributed by atoms with Crippen molar-refractivity contribution in [2.75, 3.05) is 5.32 Å². The summed E-state index contributed by atoms with van der Waals surface area (Å²) in [5, 5.41) is 2.58. The van der Waals surface area contributed by atoms with E-state index in [1.54, 1.807) is 4.57 Å². The molecular formula is C14H12ClN5O2. The third kappa shape index (κ3) is 2.71. The van der Waals surface area contributed by atoms with E-state index in [4.69, 9.17) is 11.6 Å². The molecular weight excluding hydrogens is 306 g/mol. The van der Waals surface area contributed by atoms with E-state index in [-0.39, 0.29) is 28.3 Å². The van der Waals surface area contributed by atoms with E-state index in [0.29, 0.717) is 6.54 Å². The Bertz CT molecular complexity index is 901. The van der Waals surface area contributed by atoms with Gasteiger partial charge in [-0.15, -0.1) is 0 Å². The molecule has 0 fully saturated rings. The Hall–Kier alpha value is -2.67. The van der Waals surface area contributed by atoms with Crippen LogP contribution in [0.3, 0.4) is 0 Å². The summed E-state index contributed by atoms with van der Waals surface area (Å²) in [6.07, 6.45) is 0. The number of imidazole rings is 1. The average Bonchev–Trinajstić information content (AvgIpc) is 2.75. The van der Waals surface area contributed by atoms with Crippen LogP contribution in [-0.4, -0.2) is 25.4 Å². The van der Waals surface area contributed by atoms with E-state index in [1.165, 1.54) is 6.92 Å². The van der Waals surface area contributed by atoms with E-state index in [1.807, 2.05) is 30.3 Å². The minimum atomic E-state index is -0.413. The SMILES string of the molecule is CC(=O)Nc1nc2nc(Cl)n(Cc3ccccc3)c2c(=O)[nH]1. The van der Waals surface area contributed by atoms with Crippen LogP contribution >= 0.6 is 11.6 Å². The molecule has 2 heterocycles. The van der Waals surface area contributed by atoms with Crippen molar-refractivity contribution in [3.8, 4) is 0 Å². The molecule has 0 aliphatic heterocycles. The highest BCUT2D eigenvalue weighted by atomic mass is 35.5. The number of nitrogens with zero attached hydrogens (tertiary/aromatic N) is 3. The molecule has 0 aliphatic rings. The van der Waals surface area contributed by atoms with Gasteiger partial charge in [-0.05, 0) is 17.2 Å². The predicted octanol–water partition coefficient (Wildman–Crippen LogP) is 1.78. The van der Waals surface area contributed by atoms with Gasteiger partial charge in [-0.2, -0.15) is 9.97 Å². The molecule has 0 saturated carbocycles. The smallest absolute Gasteiger partial charge is 0.278 e. The summed E-state index contributed by atoms with van der Waals surface area (Å²) in [6.45, 7) is 1.73. The summed E-state index contributed by atoms with van der Waals surface area (Å²) >= 11 is 6.12. The molecule has 0 spiro atoms. The van der Waals surface area contributed by atoms with Crippen molar-refractivity contribution in [2.24, 2.45) is 0 Å². The van der Waals surface area contributed by atoms with Crippen LogP contribution < -0.4 is 10.9 Å². The van der Waals surface area contributed by atoms with E-state index in [2.05, 4.69) is 20.3 Å². The summed E-state index contributed by atoms with van der Waals surface area (Å²) in [7, 11) is 0. The van der Waals surface area contributed by atoms with Gasteiger partial charge in [0, 0.05) is 6.92 Å². The van der Waals surface area contributed by atoms with Gasteiger partial charge in [0.2, 0.25) is 17.1 Å². The number of hydrogen-bond acceptors (Lipinski definition) is 4. The first-order valence-corrected chi connectivity index (χ1v) is 6.90. The zero-order valence-corrected chi connectivity index (χ0v) is 12.4. The Labute approximate surface area is 130 Å². The topological polar surface area (TPSA) is 92.7 Å². The number of amides is 1. The summed E-state index contributed by atoms with van der Waals surface area (Å²) in [6, 6.07) is 9.57. The fourth-order valence-electron chi connectivity index (χ4n) is 2.15. The Morgan fingerprint density at radius 1 is 1.32 bits per heavy atom. The number of carbonyl (C=O) groups is 1. The van der Waals surface area contributed by atoms with Crippen LogP contribution in [0.2, 0.25) is 5.28 Å². The van der Waals surface area contributed by atoms with Crippen LogP contribution in [0.15, 0.2) is 35.1 Å². The Morgan fingerprint density at radius 2 is 2.05 bits per heavy atom. The van der Waals surface area contributed by atoms with Crippen LogP contribution in [-0.2, 0) is 11.3 Å². The van der Waals surface area contributed by atoms with Crippen molar-refractivity contribution in [1.82, 2.24) is 19.5 Å². The van der Waals surface area contributed by atoms with Crippen molar-refractivity contribution in [3.63, 3.8) is 0 Å². The third-order valence-corrected chi connectivity index (χ3v) is 3.33. The summed E-state index contributed by atoms with van der Waals surface area (Å²) in [5.41, 5.74) is 1.02. The van der Waals surface area contributed by atoms with Gasteiger partial charge in [-0.25, -0.2) is 0 Å². The van der Waals surface area contributed by atoms with Crippen molar-refractivity contribution in [2.45, 2.75) is 13.5 Å². The zero-order valence-electron chi connectivity index (χ0n) is 11.6. The summed E-state index contributed by atoms with van der Waals surface area (Å²) < 4.78 is 1.58. The zero-order chi connectivity index (χ0) is 15.7. The first kappa shape index (κ1) is 14.3. The molecule has 112 valence electrons. The van der Waals surface area contributed by atoms with Gasteiger partial charge in [0.15, 0.2) is 11.2 Å². The normalized spacial score (nSPS) is 10.8. The summed E-state index contributed by atoms with van der Waals surface area (Å²) in [5.74, 6) is -0.289. The molecule has 2 aromatic heterocycles. The fourth-order valence-corrected chi connectivity index (χ4v) is 2.38. The number of aromatic amines is 1. The number of rotatable bonds is 3. The molecule has 8 heteroatoms. The highest BCUT2D eigenvalue weighted by Gasteiger charge is 2.15. The molecule has 3 aromatic rings. The number of aromatic nitrogens is 4. The van der Waals surface area contributed by atoms with Gasteiger partial charge in [-0.1, -0.05) is 30.3 Å². The van der Waals surface area contributed by atoms with E-state index >= 15 is 0 Å². The number of benzene rings is 1. The molecule has 0 bridgehead atoms. The highest BCUT2D eigenvalue weighted by Crippen LogP contribution is 2.18. The minimum Gasteiger partial charge on any atom is -0.304 e. The molecule has 0 saturated heterocycles. The van der Waals surface area contributed by atoms with Crippen molar-refractivity contribution >= 4 is 34.6 Å². The maximum absolute atomic E-state index is 12.2. The number of halogens is 1. The first-order valence-electron chi connectivity index (χ1n) is 6.52. The number of carbonyl (C=O) groups excluding carboxylic acids is 1. The van der Waals surface area contributed by atoms with Crippen molar-refractivity contribution in [1.29, 1.82) is 0 Å². The molecule has 1 aromatic carbocycles. The predicted molar refractivity (Wildman–Crippen MR) is 83.0 cm³/mol. The van der Waals surface area contributed by atoms with Crippen molar-refractivity contribution in [3.05, 3.63) is 51.5 Å². The monoisotopic (exact) mass is 317 g/mol. The van der Waals surface area contributed by atoms with Gasteiger partial charge < -0.3 is 4.57 Å². The van der Waals surface area contributed by atoms with Crippen LogP contribution in [0.4, 0.5) is 5.95 Å². The molecule has 7 nitrogen and oxygen atoms in total. The Balaban J connectivity index is 2.10. The average molecular weight is 318 g/mol. The standard InChI is InChI=1S/C14H12ClN5O2/c1-8(21)16-14-18-11-10(12(22)19-14)20(13(15)17-11)7-9-5-3-2-4-6-9/h2-6H,7H2,1H3,(H2,16,18,19,21,22). The quantitative estimate of drug-likeness (QED) is 0.720. The highest BCUT2D eigenvalue weighted by molar-refractivity contribution is 6.29. The number of hydrogen-bond donors (Lipinski definition) is 2. The van der Waals surface area contributed by atoms with Gasteiger partial charge in [0.25, 0.3) is 5.56 Å². The molecule has 0 radical (unpaired) electrons. The maximum atomic E-state index is 12.2. The minimum absolute atomic E-state index is 0.0472. The Kier molecular flexibility index (Phi) is 3.64. The van der Waals surface area contributed by atoms with Crippen LogP contribution in [0, 0.1) is 0 Å². The van der Waals surface area contributed by atoms with Crippen LogP contribution in [0.25, 0.3) is 11.2 Å². The second-order valence-electron chi connectivity index (χ2n) is 4.72. The molecule has 22 heavy (non-hydrogen) atoms. The molecule has 3 rings (SSSR count).